The van der Waals surface area contributed by atoms with E-state index in [4.69, 9.17) is 0 Å². The molecule has 20 heavy (non-hydrogen) atoms. The quantitative estimate of drug-likeness (QED) is 0.765. The molecule has 0 saturated carbocycles. The molecule has 4 heteroatoms. The molecule has 1 aromatic carbocycles. The summed E-state index contributed by atoms with van der Waals surface area (Å²) < 4.78 is 0. The summed E-state index contributed by atoms with van der Waals surface area (Å²) in [5, 5.41) is 6.02. The van der Waals surface area contributed by atoms with Gasteiger partial charge in [-0.15, -0.1) is 0 Å². The lowest BCUT2D eigenvalue weighted by Crippen LogP contribution is -2.37. The van der Waals surface area contributed by atoms with Crippen molar-refractivity contribution >= 4 is 11.6 Å². The Bertz CT molecular complexity index is 397. The van der Waals surface area contributed by atoms with Crippen molar-refractivity contribution in [2.45, 2.75) is 40.3 Å². The molecule has 4 nitrogen and oxygen atoms in total. The number of carbonyl (C=O) groups excluding carboxylic acids is 1. The number of nitrogens with one attached hydrogen (secondary N) is 2. The van der Waals surface area contributed by atoms with Gasteiger partial charge in [0.1, 0.15) is 0 Å². The fraction of sp³-hybridized carbons (Fsp3) is 0.562. The minimum Gasteiger partial charge on any atom is -0.372 e. The van der Waals surface area contributed by atoms with Crippen LogP contribution in [0.1, 0.15) is 33.3 Å². The van der Waals surface area contributed by atoms with E-state index in [-0.39, 0.29) is 11.9 Å². The van der Waals surface area contributed by atoms with Gasteiger partial charge in [0.25, 0.3) is 0 Å². The predicted octanol–water partition coefficient (Wildman–Crippen LogP) is 2.15. The minimum atomic E-state index is 0.0414. The predicted molar refractivity (Wildman–Crippen MR) is 85.0 cm³/mol. The minimum absolute atomic E-state index is 0.0414. The van der Waals surface area contributed by atoms with E-state index in [1.807, 2.05) is 13.8 Å². The third kappa shape index (κ3) is 5.61. The van der Waals surface area contributed by atoms with Crippen LogP contribution in [0.2, 0.25) is 0 Å². The zero-order valence-electron chi connectivity index (χ0n) is 13.1. The van der Waals surface area contributed by atoms with Crippen LogP contribution in [0.4, 0.5) is 5.69 Å². The molecule has 0 radical (unpaired) electrons. The molecule has 0 spiro atoms. The second-order valence-corrected chi connectivity index (χ2v) is 5.16. The van der Waals surface area contributed by atoms with Crippen LogP contribution in [-0.2, 0) is 11.3 Å². The standard InChI is InChI=1S/C16H27N3O/c1-5-19(6-2)15-9-7-14(8-10-15)11-17-12-16(20)18-13(3)4/h7-10,13,17H,5-6,11-12H2,1-4H3,(H,18,20). The zero-order valence-corrected chi connectivity index (χ0v) is 13.1. The zero-order chi connectivity index (χ0) is 15.0. The summed E-state index contributed by atoms with van der Waals surface area (Å²) in [4.78, 5) is 13.8. The van der Waals surface area contributed by atoms with Crippen molar-refractivity contribution in [1.29, 1.82) is 0 Å². The Kier molecular flexibility index (Phi) is 7.09. The van der Waals surface area contributed by atoms with Crippen molar-refractivity contribution in [1.82, 2.24) is 10.6 Å². The first kappa shape index (κ1) is 16.5. The van der Waals surface area contributed by atoms with E-state index in [9.17, 15) is 4.79 Å². The molecule has 0 heterocycles. The highest BCUT2D eigenvalue weighted by Gasteiger charge is 2.03. The molecule has 0 atom stereocenters. The molecule has 0 fully saturated rings. The van der Waals surface area contributed by atoms with Crippen LogP contribution in [-0.4, -0.2) is 31.6 Å². The van der Waals surface area contributed by atoms with Crippen molar-refractivity contribution < 1.29 is 4.79 Å². The van der Waals surface area contributed by atoms with Crippen LogP contribution in [0.3, 0.4) is 0 Å². The molecule has 0 saturated heterocycles. The summed E-state index contributed by atoms with van der Waals surface area (Å²) in [7, 11) is 0. The lowest BCUT2D eigenvalue weighted by atomic mass is 10.2. The Morgan fingerprint density at radius 1 is 1.15 bits per heavy atom. The van der Waals surface area contributed by atoms with Crippen LogP contribution in [0, 0.1) is 0 Å². The Morgan fingerprint density at radius 3 is 2.25 bits per heavy atom. The Balaban J connectivity index is 2.40. The van der Waals surface area contributed by atoms with E-state index in [1.165, 1.54) is 11.3 Å². The molecule has 0 bridgehead atoms. The average Bonchev–Trinajstić information content (AvgIpc) is 2.41. The fourth-order valence-corrected chi connectivity index (χ4v) is 2.11. The van der Waals surface area contributed by atoms with Gasteiger partial charge in [-0.05, 0) is 45.4 Å². The maximum atomic E-state index is 11.5. The highest BCUT2D eigenvalue weighted by atomic mass is 16.1. The van der Waals surface area contributed by atoms with Crippen LogP contribution in [0.15, 0.2) is 24.3 Å². The van der Waals surface area contributed by atoms with Crippen LogP contribution in [0.25, 0.3) is 0 Å². The van der Waals surface area contributed by atoms with Gasteiger partial charge in [0.15, 0.2) is 0 Å². The molecular weight excluding hydrogens is 250 g/mol. The first-order valence-electron chi connectivity index (χ1n) is 7.40. The molecule has 0 aliphatic carbocycles. The number of hydrogen-bond donors (Lipinski definition) is 2. The summed E-state index contributed by atoms with van der Waals surface area (Å²) >= 11 is 0. The lowest BCUT2D eigenvalue weighted by molar-refractivity contribution is -0.120. The van der Waals surface area contributed by atoms with Crippen LogP contribution in [0.5, 0.6) is 0 Å². The van der Waals surface area contributed by atoms with Crippen molar-refractivity contribution in [2.24, 2.45) is 0 Å². The van der Waals surface area contributed by atoms with Crippen LogP contribution >= 0.6 is 0 Å². The first-order valence-corrected chi connectivity index (χ1v) is 7.40. The van der Waals surface area contributed by atoms with E-state index in [0.717, 1.165) is 13.1 Å². The van der Waals surface area contributed by atoms with Gasteiger partial charge in [-0.25, -0.2) is 0 Å². The molecule has 0 aliphatic heterocycles. The number of amides is 1. The summed E-state index contributed by atoms with van der Waals surface area (Å²) in [6.07, 6.45) is 0. The number of anilines is 1. The number of hydrogen-bond acceptors (Lipinski definition) is 3. The van der Waals surface area contributed by atoms with Gasteiger partial charge in [0.2, 0.25) is 5.91 Å². The Labute approximate surface area is 122 Å². The Hall–Kier alpha value is -1.55. The van der Waals surface area contributed by atoms with Crippen molar-refractivity contribution in [3.05, 3.63) is 29.8 Å². The molecule has 1 amide bonds. The fourth-order valence-electron chi connectivity index (χ4n) is 2.11. The summed E-state index contributed by atoms with van der Waals surface area (Å²) in [6.45, 7) is 11.3. The monoisotopic (exact) mass is 277 g/mol. The summed E-state index contributed by atoms with van der Waals surface area (Å²) in [5.74, 6) is 0.0414. The van der Waals surface area contributed by atoms with E-state index >= 15 is 0 Å². The SMILES string of the molecule is CCN(CC)c1ccc(CNCC(=O)NC(C)C)cc1. The number of benzene rings is 1. The maximum Gasteiger partial charge on any atom is 0.234 e. The highest BCUT2D eigenvalue weighted by molar-refractivity contribution is 5.78. The van der Waals surface area contributed by atoms with Gasteiger partial charge in [-0.2, -0.15) is 0 Å². The second-order valence-electron chi connectivity index (χ2n) is 5.16. The van der Waals surface area contributed by atoms with Crippen LogP contribution < -0.4 is 15.5 Å². The number of nitrogens with zero attached hydrogens (tertiary/aromatic N) is 1. The normalized spacial score (nSPS) is 10.7. The van der Waals surface area contributed by atoms with E-state index in [2.05, 4.69) is 53.6 Å². The van der Waals surface area contributed by atoms with E-state index in [0.29, 0.717) is 13.1 Å². The van der Waals surface area contributed by atoms with E-state index in [1.54, 1.807) is 0 Å². The molecule has 112 valence electrons. The largest absolute Gasteiger partial charge is 0.372 e. The number of carbonyl (C=O) groups is 1. The first-order chi connectivity index (χ1) is 9.56. The van der Waals surface area contributed by atoms with Gasteiger partial charge < -0.3 is 15.5 Å². The number of rotatable bonds is 8. The topological polar surface area (TPSA) is 44.4 Å². The summed E-state index contributed by atoms with van der Waals surface area (Å²) in [5.41, 5.74) is 2.44. The molecule has 0 unspecified atom stereocenters. The third-order valence-corrected chi connectivity index (χ3v) is 3.13. The molecule has 2 N–H and O–H groups in total. The molecular formula is C16H27N3O. The second kappa shape index (κ2) is 8.59. The van der Waals surface area contributed by atoms with Gasteiger partial charge in [0, 0.05) is 31.4 Å². The van der Waals surface area contributed by atoms with Gasteiger partial charge in [0.05, 0.1) is 6.54 Å². The lowest BCUT2D eigenvalue weighted by Gasteiger charge is -2.21. The molecule has 1 aromatic rings. The van der Waals surface area contributed by atoms with Gasteiger partial charge in [-0.1, -0.05) is 12.1 Å². The van der Waals surface area contributed by atoms with E-state index < -0.39 is 0 Å². The molecule has 1 rings (SSSR count). The smallest absolute Gasteiger partial charge is 0.234 e. The Morgan fingerprint density at radius 2 is 1.75 bits per heavy atom. The van der Waals surface area contributed by atoms with Gasteiger partial charge >= 0.3 is 0 Å². The summed E-state index contributed by atoms with van der Waals surface area (Å²) in [6, 6.07) is 8.69. The average molecular weight is 277 g/mol. The molecule has 0 aliphatic rings. The molecule has 0 aromatic heterocycles. The maximum absolute atomic E-state index is 11.5. The van der Waals surface area contributed by atoms with Gasteiger partial charge in [-0.3, -0.25) is 4.79 Å². The van der Waals surface area contributed by atoms with Crippen molar-refractivity contribution in [2.75, 3.05) is 24.5 Å². The van der Waals surface area contributed by atoms with Crippen molar-refractivity contribution in [3.63, 3.8) is 0 Å². The van der Waals surface area contributed by atoms with Crippen molar-refractivity contribution in [3.8, 4) is 0 Å². The third-order valence-electron chi connectivity index (χ3n) is 3.13. The highest BCUT2D eigenvalue weighted by Crippen LogP contribution is 2.14.